The van der Waals surface area contributed by atoms with Crippen LogP contribution in [0.1, 0.15) is 49.3 Å². The van der Waals surface area contributed by atoms with Crippen LogP contribution in [-0.2, 0) is 0 Å². The number of aliphatic hydroxyl groups is 1. The number of rotatable bonds is 3. The van der Waals surface area contributed by atoms with Gasteiger partial charge in [0.1, 0.15) is 0 Å². The summed E-state index contributed by atoms with van der Waals surface area (Å²) in [4.78, 5) is 4.02. The van der Waals surface area contributed by atoms with Crippen molar-refractivity contribution in [1.82, 2.24) is 4.98 Å². The molecule has 0 bridgehead atoms. The summed E-state index contributed by atoms with van der Waals surface area (Å²) < 4.78 is 26.6. The van der Waals surface area contributed by atoms with Crippen molar-refractivity contribution in [2.75, 3.05) is 0 Å². The van der Waals surface area contributed by atoms with E-state index in [0.29, 0.717) is 12.8 Å². The lowest BCUT2D eigenvalue weighted by molar-refractivity contribution is -0.0590. The molecule has 0 spiro atoms. The summed E-state index contributed by atoms with van der Waals surface area (Å²) in [5, 5.41) is 10.1. The topological polar surface area (TPSA) is 33.1 Å². The Balaban J connectivity index is 1.97. The highest BCUT2D eigenvalue weighted by atomic mass is 19.3. The Labute approximate surface area is 106 Å². The van der Waals surface area contributed by atoms with E-state index in [1.54, 1.807) is 12.4 Å². The molecule has 0 saturated heterocycles. The fraction of sp³-hybridized carbons (Fsp3) is 0.643. The maximum absolute atomic E-state index is 13.3. The second-order valence-corrected chi connectivity index (χ2v) is 5.37. The number of aliphatic hydroxyl groups excluding tert-OH is 1. The van der Waals surface area contributed by atoms with E-state index in [1.807, 2.05) is 13.0 Å². The largest absolute Gasteiger partial charge is 0.388 e. The fourth-order valence-electron chi connectivity index (χ4n) is 2.69. The number of nitrogens with zero attached hydrogens (tertiary/aromatic N) is 1. The van der Waals surface area contributed by atoms with E-state index in [0.717, 1.165) is 17.5 Å². The standard InChI is InChI=1S/C14H19F2NO/c1-10-5-12(9-17-8-10)13(18)6-11-3-2-4-14(15,16)7-11/h5,8-9,11,13,18H,2-4,6-7H2,1H3. The van der Waals surface area contributed by atoms with Gasteiger partial charge in [0.15, 0.2) is 0 Å². The van der Waals surface area contributed by atoms with E-state index in [-0.39, 0.29) is 18.8 Å². The van der Waals surface area contributed by atoms with E-state index in [1.165, 1.54) is 0 Å². The van der Waals surface area contributed by atoms with Gasteiger partial charge in [-0.2, -0.15) is 0 Å². The first-order valence-corrected chi connectivity index (χ1v) is 6.44. The zero-order valence-electron chi connectivity index (χ0n) is 10.6. The maximum Gasteiger partial charge on any atom is 0.248 e. The molecule has 1 aliphatic rings. The third-order valence-corrected chi connectivity index (χ3v) is 3.58. The van der Waals surface area contributed by atoms with Crippen molar-refractivity contribution in [1.29, 1.82) is 0 Å². The molecule has 1 N–H and O–H groups in total. The molecule has 2 rings (SSSR count). The van der Waals surface area contributed by atoms with E-state index in [4.69, 9.17) is 0 Å². The van der Waals surface area contributed by atoms with Crippen LogP contribution in [0, 0.1) is 12.8 Å². The molecule has 0 radical (unpaired) electrons. The van der Waals surface area contributed by atoms with Crippen molar-refractivity contribution in [3.05, 3.63) is 29.6 Å². The van der Waals surface area contributed by atoms with E-state index in [2.05, 4.69) is 4.98 Å². The van der Waals surface area contributed by atoms with E-state index in [9.17, 15) is 13.9 Å². The van der Waals surface area contributed by atoms with E-state index >= 15 is 0 Å². The lowest BCUT2D eigenvalue weighted by Gasteiger charge is -2.30. The normalized spacial score (nSPS) is 24.8. The first kappa shape index (κ1) is 13.4. The average molecular weight is 255 g/mol. The minimum atomic E-state index is -2.55. The Bertz CT molecular complexity index is 409. The predicted octanol–water partition coefficient (Wildman–Crippen LogP) is 3.64. The summed E-state index contributed by atoms with van der Waals surface area (Å²) in [6, 6.07) is 1.86. The summed E-state index contributed by atoms with van der Waals surface area (Å²) in [5.74, 6) is -2.64. The zero-order chi connectivity index (χ0) is 13.2. The number of pyridine rings is 1. The summed E-state index contributed by atoms with van der Waals surface area (Å²) in [6.45, 7) is 1.90. The zero-order valence-corrected chi connectivity index (χ0v) is 10.6. The van der Waals surface area contributed by atoms with Gasteiger partial charge in [-0.05, 0) is 43.2 Å². The molecule has 0 aromatic carbocycles. The van der Waals surface area contributed by atoms with Crippen molar-refractivity contribution in [3.63, 3.8) is 0 Å². The van der Waals surface area contributed by atoms with Crippen molar-refractivity contribution >= 4 is 0 Å². The van der Waals surface area contributed by atoms with Gasteiger partial charge in [0.05, 0.1) is 6.10 Å². The molecule has 2 atom stereocenters. The SMILES string of the molecule is Cc1cncc(C(O)CC2CCCC(F)(F)C2)c1. The van der Waals surface area contributed by atoms with Crippen LogP contribution >= 0.6 is 0 Å². The molecule has 1 aromatic heterocycles. The third kappa shape index (κ3) is 3.48. The molecule has 1 heterocycles. The number of aryl methyl sites for hydroxylation is 1. The fourth-order valence-corrected chi connectivity index (χ4v) is 2.69. The maximum atomic E-state index is 13.3. The lowest BCUT2D eigenvalue weighted by atomic mass is 9.82. The van der Waals surface area contributed by atoms with Crippen LogP contribution in [0.4, 0.5) is 8.78 Å². The lowest BCUT2D eigenvalue weighted by Crippen LogP contribution is -2.27. The van der Waals surface area contributed by atoms with Gasteiger partial charge in [0.2, 0.25) is 5.92 Å². The highest BCUT2D eigenvalue weighted by molar-refractivity contribution is 5.18. The molecule has 18 heavy (non-hydrogen) atoms. The molecule has 2 nitrogen and oxygen atoms in total. The molecule has 100 valence electrons. The molecule has 0 amide bonds. The first-order chi connectivity index (χ1) is 8.46. The molecular weight excluding hydrogens is 236 g/mol. The van der Waals surface area contributed by atoms with E-state index < -0.39 is 12.0 Å². The van der Waals surface area contributed by atoms with Crippen molar-refractivity contribution in [3.8, 4) is 0 Å². The number of hydrogen-bond donors (Lipinski definition) is 1. The average Bonchev–Trinajstić information content (AvgIpc) is 2.27. The Hall–Kier alpha value is -1.03. The van der Waals surface area contributed by atoms with Crippen LogP contribution in [0.2, 0.25) is 0 Å². The van der Waals surface area contributed by atoms with Crippen molar-refractivity contribution in [2.24, 2.45) is 5.92 Å². The molecule has 1 aliphatic carbocycles. The summed E-state index contributed by atoms with van der Waals surface area (Å²) in [6.07, 6.45) is 4.28. The number of alkyl halides is 2. The minimum absolute atomic E-state index is 0.00834. The molecule has 1 saturated carbocycles. The van der Waals surface area contributed by atoms with Gasteiger partial charge < -0.3 is 5.11 Å². The quantitative estimate of drug-likeness (QED) is 0.894. The molecule has 1 aromatic rings. The minimum Gasteiger partial charge on any atom is -0.388 e. The summed E-state index contributed by atoms with van der Waals surface area (Å²) in [7, 11) is 0. The molecule has 2 unspecified atom stereocenters. The highest BCUT2D eigenvalue weighted by Gasteiger charge is 2.36. The highest BCUT2D eigenvalue weighted by Crippen LogP contribution is 2.40. The van der Waals surface area contributed by atoms with Gasteiger partial charge in [-0.1, -0.05) is 6.07 Å². The molecule has 4 heteroatoms. The second-order valence-electron chi connectivity index (χ2n) is 5.37. The van der Waals surface area contributed by atoms with Gasteiger partial charge in [-0.15, -0.1) is 0 Å². The van der Waals surface area contributed by atoms with Crippen molar-refractivity contribution in [2.45, 2.75) is 51.1 Å². The van der Waals surface area contributed by atoms with Gasteiger partial charge in [-0.25, -0.2) is 8.78 Å². The van der Waals surface area contributed by atoms with Crippen LogP contribution in [0.5, 0.6) is 0 Å². The van der Waals surface area contributed by atoms with Crippen molar-refractivity contribution < 1.29 is 13.9 Å². The number of aromatic nitrogens is 1. The monoisotopic (exact) mass is 255 g/mol. The van der Waals surface area contributed by atoms with Crippen LogP contribution in [0.3, 0.4) is 0 Å². The van der Waals surface area contributed by atoms with Crippen LogP contribution in [0.25, 0.3) is 0 Å². The number of halogens is 2. The summed E-state index contributed by atoms with van der Waals surface area (Å²) in [5.41, 5.74) is 1.70. The Morgan fingerprint density at radius 2 is 2.28 bits per heavy atom. The third-order valence-electron chi connectivity index (χ3n) is 3.58. The van der Waals surface area contributed by atoms with Gasteiger partial charge in [0.25, 0.3) is 0 Å². The molecular formula is C14H19F2NO. The predicted molar refractivity (Wildman–Crippen MR) is 65.5 cm³/mol. The van der Waals surface area contributed by atoms with Crippen LogP contribution < -0.4 is 0 Å². The van der Waals surface area contributed by atoms with Gasteiger partial charge in [-0.3, -0.25) is 4.98 Å². The molecule has 0 aliphatic heterocycles. The Morgan fingerprint density at radius 3 is 2.94 bits per heavy atom. The Morgan fingerprint density at radius 1 is 1.50 bits per heavy atom. The van der Waals surface area contributed by atoms with Gasteiger partial charge >= 0.3 is 0 Å². The second kappa shape index (κ2) is 5.31. The Kier molecular flexibility index (Phi) is 3.95. The van der Waals surface area contributed by atoms with Gasteiger partial charge in [0, 0.05) is 25.2 Å². The number of hydrogen-bond acceptors (Lipinski definition) is 2. The molecule has 1 fully saturated rings. The first-order valence-electron chi connectivity index (χ1n) is 6.44. The summed E-state index contributed by atoms with van der Waals surface area (Å²) >= 11 is 0. The van der Waals surface area contributed by atoms with Crippen LogP contribution in [-0.4, -0.2) is 16.0 Å². The smallest absolute Gasteiger partial charge is 0.248 e. The van der Waals surface area contributed by atoms with Crippen LogP contribution in [0.15, 0.2) is 18.5 Å².